The van der Waals surface area contributed by atoms with Gasteiger partial charge in [-0.15, -0.1) is 0 Å². The van der Waals surface area contributed by atoms with Crippen LogP contribution in [0.3, 0.4) is 0 Å². The predicted octanol–water partition coefficient (Wildman–Crippen LogP) is 3.03. The van der Waals surface area contributed by atoms with Crippen LogP contribution in [0.15, 0.2) is 12.2 Å². The predicted molar refractivity (Wildman–Crippen MR) is 66.2 cm³/mol. The first kappa shape index (κ1) is 11.3. The van der Waals surface area contributed by atoms with Gasteiger partial charge in [-0.3, -0.25) is 4.79 Å². The SMILES string of the molecule is C=C1C2C(=O)OCC3C2C(C(C)C)CCC13C. The van der Waals surface area contributed by atoms with Crippen LogP contribution >= 0.6 is 0 Å². The molecular formula is C15H22O2. The van der Waals surface area contributed by atoms with E-state index < -0.39 is 0 Å². The Morgan fingerprint density at radius 3 is 2.82 bits per heavy atom. The van der Waals surface area contributed by atoms with Crippen LogP contribution in [-0.2, 0) is 9.53 Å². The molecular weight excluding hydrogens is 212 g/mol. The number of cyclic esters (lactones) is 1. The Hall–Kier alpha value is -0.790. The highest BCUT2D eigenvalue weighted by molar-refractivity contribution is 5.79. The Morgan fingerprint density at radius 1 is 1.47 bits per heavy atom. The molecule has 2 aliphatic carbocycles. The van der Waals surface area contributed by atoms with E-state index in [4.69, 9.17) is 4.74 Å². The first-order chi connectivity index (χ1) is 7.97. The Kier molecular flexibility index (Phi) is 2.24. The molecule has 0 radical (unpaired) electrons. The molecule has 0 aromatic rings. The average Bonchev–Trinajstić information content (AvgIpc) is 2.35. The van der Waals surface area contributed by atoms with Crippen molar-refractivity contribution in [1.29, 1.82) is 0 Å². The van der Waals surface area contributed by atoms with Crippen molar-refractivity contribution in [3.63, 3.8) is 0 Å². The maximum Gasteiger partial charge on any atom is 0.313 e. The lowest BCUT2D eigenvalue weighted by Gasteiger charge is -2.45. The average molecular weight is 234 g/mol. The molecule has 3 fully saturated rings. The normalized spacial score (nSPS) is 48.5. The molecule has 5 unspecified atom stereocenters. The second-order valence-corrected chi connectivity index (χ2v) is 6.68. The van der Waals surface area contributed by atoms with E-state index in [9.17, 15) is 4.79 Å². The Labute approximate surface area is 103 Å². The van der Waals surface area contributed by atoms with Gasteiger partial charge >= 0.3 is 5.97 Å². The molecule has 17 heavy (non-hydrogen) atoms. The molecule has 1 aliphatic heterocycles. The van der Waals surface area contributed by atoms with Gasteiger partial charge in [-0.05, 0) is 36.0 Å². The van der Waals surface area contributed by atoms with Crippen molar-refractivity contribution in [3.8, 4) is 0 Å². The van der Waals surface area contributed by atoms with Crippen LogP contribution in [0, 0.1) is 35.0 Å². The monoisotopic (exact) mass is 234 g/mol. The van der Waals surface area contributed by atoms with Crippen molar-refractivity contribution in [3.05, 3.63) is 12.2 Å². The summed E-state index contributed by atoms with van der Waals surface area (Å²) < 4.78 is 5.37. The molecule has 0 spiro atoms. The summed E-state index contributed by atoms with van der Waals surface area (Å²) in [6.45, 7) is 11.7. The number of carbonyl (C=O) groups excluding carboxylic acids is 1. The molecule has 1 saturated heterocycles. The van der Waals surface area contributed by atoms with Crippen LogP contribution in [0.1, 0.15) is 33.6 Å². The molecule has 4 bridgehead atoms. The summed E-state index contributed by atoms with van der Waals surface area (Å²) in [6, 6.07) is 0. The van der Waals surface area contributed by atoms with Crippen molar-refractivity contribution in [2.75, 3.05) is 6.61 Å². The summed E-state index contributed by atoms with van der Waals surface area (Å²) in [5.74, 6) is 2.35. The van der Waals surface area contributed by atoms with Gasteiger partial charge in [0.25, 0.3) is 0 Å². The maximum atomic E-state index is 12.0. The zero-order valence-corrected chi connectivity index (χ0v) is 11.0. The standard InChI is InChI=1S/C15H22O2/c1-8(2)10-5-6-15(4)9(3)12-13(10)11(15)7-17-14(12)16/h8,10-13H,3,5-7H2,1-2,4H3. The summed E-state index contributed by atoms with van der Waals surface area (Å²) in [7, 11) is 0. The molecule has 5 atom stereocenters. The smallest absolute Gasteiger partial charge is 0.313 e. The fourth-order valence-corrected chi connectivity index (χ4v) is 4.67. The zero-order chi connectivity index (χ0) is 12.4. The van der Waals surface area contributed by atoms with Gasteiger partial charge in [0, 0.05) is 5.92 Å². The molecule has 0 N–H and O–H groups in total. The van der Waals surface area contributed by atoms with Crippen LogP contribution in [0.4, 0.5) is 0 Å². The molecule has 3 rings (SSSR count). The van der Waals surface area contributed by atoms with E-state index in [1.807, 2.05) is 0 Å². The third-order valence-electron chi connectivity index (χ3n) is 5.78. The third-order valence-corrected chi connectivity index (χ3v) is 5.78. The quantitative estimate of drug-likeness (QED) is 0.515. The van der Waals surface area contributed by atoms with Gasteiger partial charge < -0.3 is 4.74 Å². The van der Waals surface area contributed by atoms with E-state index in [1.165, 1.54) is 12.8 Å². The van der Waals surface area contributed by atoms with Gasteiger partial charge in [0.05, 0.1) is 12.5 Å². The van der Waals surface area contributed by atoms with Crippen molar-refractivity contribution in [1.82, 2.24) is 0 Å². The molecule has 3 aliphatic rings. The maximum absolute atomic E-state index is 12.0. The van der Waals surface area contributed by atoms with Crippen LogP contribution < -0.4 is 0 Å². The minimum atomic E-state index is -0.00692. The molecule has 0 aromatic carbocycles. The number of hydrogen-bond donors (Lipinski definition) is 0. The lowest BCUT2D eigenvalue weighted by atomic mass is 9.61. The fourth-order valence-electron chi connectivity index (χ4n) is 4.67. The summed E-state index contributed by atoms with van der Waals surface area (Å²) in [5.41, 5.74) is 1.32. The van der Waals surface area contributed by atoms with Crippen molar-refractivity contribution in [2.45, 2.75) is 33.6 Å². The number of rotatable bonds is 1. The van der Waals surface area contributed by atoms with Crippen molar-refractivity contribution in [2.24, 2.45) is 35.0 Å². The van der Waals surface area contributed by atoms with E-state index >= 15 is 0 Å². The summed E-state index contributed by atoms with van der Waals surface area (Å²) >= 11 is 0. The first-order valence-corrected chi connectivity index (χ1v) is 6.82. The third kappa shape index (κ3) is 1.24. The van der Waals surface area contributed by atoms with Gasteiger partial charge in [-0.25, -0.2) is 0 Å². The minimum Gasteiger partial charge on any atom is -0.465 e. The van der Waals surface area contributed by atoms with E-state index in [1.54, 1.807) is 0 Å². The van der Waals surface area contributed by atoms with Gasteiger partial charge in [0.1, 0.15) is 0 Å². The van der Waals surface area contributed by atoms with Crippen molar-refractivity contribution < 1.29 is 9.53 Å². The second kappa shape index (κ2) is 3.37. The van der Waals surface area contributed by atoms with E-state index in [-0.39, 0.29) is 17.3 Å². The van der Waals surface area contributed by atoms with Gasteiger partial charge in [0.2, 0.25) is 0 Å². The summed E-state index contributed by atoms with van der Waals surface area (Å²) in [6.07, 6.45) is 2.43. The van der Waals surface area contributed by atoms with Gasteiger partial charge in [0.15, 0.2) is 0 Å². The van der Waals surface area contributed by atoms with E-state index in [0.717, 1.165) is 5.57 Å². The number of carbonyl (C=O) groups is 1. The molecule has 2 saturated carbocycles. The lowest BCUT2D eigenvalue weighted by Crippen LogP contribution is -2.44. The Morgan fingerprint density at radius 2 is 2.18 bits per heavy atom. The topological polar surface area (TPSA) is 26.3 Å². The summed E-state index contributed by atoms with van der Waals surface area (Å²) in [4.78, 5) is 12.0. The largest absolute Gasteiger partial charge is 0.465 e. The molecule has 0 aromatic heterocycles. The first-order valence-electron chi connectivity index (χ1n) is 6.82. The minimum absolute atomic E-state index is 0.00588. The van der Waals surface area contributed by atoms with Crippen LogP contribution in [0.5, 0.6) is 0 Å². The molecule has 2 nitrogen and oxygen atoms in total. The highest BCUT2D eigenvalue weighted by atomic mass is 16.5. The van der Waals surface area contributed by atoms with Crippen LogP contribution in [-0.4, -0.2) is 12.6 Å². The fraction of sp³-hybridized carbons (Fsp3) is 0.800. The van der Waals surface area contributed by atoms with E-state index in [2.05, 4.69) is 27.4 Å². The lowest BCUT2D eigenvalue weighted by molar-refractivity contribution is -0.161. The molecule has 0 amide bonds. The number of esters is 1. The summed E-state index contributed by atoms with van der Waals surface area (Å²) in [5, 5.41) is 0. The van der Waals surface area contributed by atoms with Gasteiger partial charge in [-0.2, -0.15) is 0 Å². The van der Waals surface area contributed by atoms with Crippen LogP contribution in [0.25, 0.3) is 0 Å². The Balaban J connectivity index is 2.06. The molecule has 1 heterocycles. The molecule has 94 valence electrons. The highest BCUT2D eigenvalue weighted by Crippen LogP contribution is 2.65. The van der Waals surface area contributed by atoms with Gasteiger partial charge in [-0.1, -0.05) is 32.9 Å². The van der Waals surface area contributed by atoms with Crippen molar-refractivity contribution >= 4 is 5.97 Å². The number of ether oxygens (including phenoxy) is 1. The highest BCUT2D eigenvalue weighted by Gasteiger charge is 2.63. The van der Waals surface area contributed by atoms with Crippen LogP contribution in [0.2, 0.25) is 0 Å². The molecule has 2 heteroatoms. The Bertz CT molecular complexity index is 384. The second-order valence-electron chi connectivity index (χ2n) is 6.68. The number of hydrogen-bond acceptors (Lipinski definition) is 2. The van der Waals surface area contributed by atoms with E-state index in [0.29, 0.717) is 30.3 Å². The zero-order valence-electron chi connectivity index (χ0n) is 11.0.